The van der Waals surface area contributed by atoms with Crippen molar-refractivity contribution in [2.75, 3.05) is 0 Å². The van der Waals surface area contributed by atoms with Gasteiger partial charge in [0.05, 0.1) is 6.04 Å². The zero-order valence-electron chi connectivity index (χ0n) is 12.4. The molecule has 1 atom stereocenters. The van der Waals surface area contributed by atoms with Crippen molar-refractivity contribution in [3.63, 3.8) is 0 Å². The maximum Gasteiger partial charge on any atom is 0.223 e. The molecule has 0 fully saturated rings. The van der Waals surface area contributed by atoms with Crippen molar-refractivity contribution in [1.29, 1.82) is 0 Å². The summed E-state index contributed by atoms with van der Waals surface area (Å²) in [5, 5.41) is 3.13. The van der Waals surface area contributed by atoms with Gasteiger partial charge in [-0.3, -0.25) is 4.79 Å². The number of nitrogens with one attached hydrogen (secondary N) is 1. The lowest BCUT2D eigenvalue weighted by molar-refractivity contribution is -0.125. The minimum absolute atomic E-state index is 0.000134. The highest BCUT2D eigenvalue weighted by Gasteiger charge is 2.34. The molecule has 0 bridgehead atoms. The zero-order chi connectivity index (χ0) is 14.2. The molecule has 0 aromatic heterocycles. The van der Waals surface area contributed by atoms with Crippen molar-refractivity contribution >= 4 is 5.91 Å². The van der Waals surface area contributed by atoms with Crippen molar-refractivity contribution in [1.82, 2.24) is 5.32 Å². The van der Waals surface area contributed by atoms with Gasteiger partial charge in [0.15, 0.2) is 0 Å². The Morgan fingerprint density at radius 2 is 2.11 bits per heavy atom. The van der Waals surface area contributed by atoms with E-state index in [-0.39, 0.29) is 23.5 Å². The molecule has 1 heterocycles. The van der Waals surface area contributed by atoms with E-state index < -0.39 is 0 Å². The Kier molecular flexibility index (Phi) is 3.57. The van der Waals surface area contributed by atoms with Crippen LogP contribution in [-0.4, -0.2) is 11.5 Å². The van der Waals surface area contributed by atoms with E-state index in [0.29, 0.717) is 0 Å². The average Bonchev–Trinajstić information content (AvgIpc) is 2.26. The number of hydrogen-bond donors (Lipinski definition) is 1. The summed E-state index contributed by atoms with van der Waals surface area (Å²) in [5.74, 6) is 0.986. The molecule has 1 aromatic carbocycles. The number of aryl methyl sites for hydroxylation is 1. The van der Waals surface area contributed by atoms with Gasteiger partial charge in [0, 0.05) is 17.9 Å². The number of amides is 1. The second kappa shape index (κ2) is 4.87. The molecule has 19 heavy (non-hydrogen) atoms. The highest BCUT2D eigenvalue weighted by Crippen LogP contribution is 2.39. The molecular weight excluding hydrogens is 238 g/mol. The third-order valence-corrected chi connectivity index (χ3v) is 3.47. The summed E-state index contributed by atoms with van der Waals surface area (Å²) in [6.45, 7) is 10.00. The number of hydrogen-bond acceptors (Lipinski definition) is 2. The SMILES string of the molecule is Cc1ccc2c(c1)OC(C)(C)C[C@H]2NC(=O)C(C)C. The second-order valence-corrected chi connectivity index (χ2v) is 6.32. The summed E-state index contributed by atoms with van der Waals surface area (Å²) in [5.41, 5.74) is 2.00. The number of benzene rings is 1. The summed E-state index contributed by atoms with van der Waals surface area (Å²) in [4.78, 5) is 11.9. The lowest BCUT2D eigenvalue weighted by atomic mass is 9.89. The standard InChI is InChI=1S/C16H23NO2/c1-10(2)15(18)17-13-9-16(4,5)19-14-8-11(3)6-7-12(13)14/h6-8,10,13H,9H2,1-5H3,(H,17,18)/t13-/m1/s1. The Bertz CT molecular complexity index is 492. The Morgan fingerprint density at radius 1 is 1.42 bits per heavy atom. The molecule has 104 valence electrons. The van der Waals surface area contributed by atoms with E-state index in [1.165, 1.54) is 5.56 Å². The maximum absolute atomic E-state index is 11.9. The molecule has 1 N–H and O–H groups in total. The minimum Gasteiger partial charge on any atom is -0.487 e. The fraction of sp³-hybridized carbons (Fsp3) is 0.562. The summed E-state index contributed by atoms with van der Waals surface area (Å²) in [7, 11) is 0. The Labute approximate surface area is 115 Å². The first-order valence-electron chi connectivity index (χ1n) is 6.88. The minimum atomic E-state index is -0.254. The first-order chi connectivity index (χ1) is 8.78. The molecule has 1 amide bonds. The molecule has 0 radical (unpaired) electrons. The summed E-state index contributed by atoms with van der Waals surface area (Å²) < 4.78 is 6.02. The van der Waals surface area contributed by atoms with E-state index >= 15 is 0 Å². The summed E-state index contributed by atoms with van der Waals surface area (Å²) in [6, 6.07) is 6.21. The third-order valence-electron chi connectivity index (χ3n) is 3.47. The molecule has 1 aliphatic heterocycles. The largest absolute Gasteiger partial charge is 0.487 e. The predicted molar refractivity (Wildman–Crippen MR) is 76.2 cm³/mol. The van der Waals surface area contributed by atoms with E-state index in [2.05, 4.69) is 31.3 Å². The van der Waals surface area contributed by atoms with E-state index in [4.69, 9.17) is 4.74 Å². The van der Waals surface area contributed by atoms with Crippen LogP contribution >= 0.6 is 0 Å². The van der Waals surface area contributed by atoms with Crippen LogP contribution in [0.2, 0.25) is 0 Å². The third kappa shape index (κ3) is 3.09. The van der Waals surface area contributed by atoms with Crippen molar-refractivity contribution in [3.05, 3.63) is 29.3 Å². The van der Waals surface area contributed by atoms with Gasteiger partial charge >= 0.3 is 0 Å². The number of fused-ring (bicyclic) bond motifs is 1. The van der Waals surface area contributed by atoms with Crippen LogP contribution < -0.4 is 10.1 Å². The van der Waals surface area contributed by atoms with Crippen molar-refractivity contribution in [2.45, 2.75) is 52.7 Å². The highest BCUT2D eigenvalue weighted by molar-refractivity contribution is 5.78. The lowest BCUT2D eigenvalue weighted by Gasteiger charge is -2.38. The summed E-state index contributed by atoms with van der Waals surface area (Å²) in [6.07, 6.45) is 0.793. The monoisotopic (exact) mass is 261 g/mol. The number of ether oxygens (including phenoxy) is 1. The van der Waals surface area contributed by atoms with Gasteiger partial charge in [-0.2, -0.15) is 0 Å². The van der Waals surface area contributed by atoms with Gasteiger partial charge in [-0.1, -0.05) is 26.0 Å². The van der Waals surface area contributed by atoms with Gasteiger partial charge in [-0.05, 0) is 32.4 Å². The molecule has 0 saturated heterocycles. The fourth-order valence-electron chi connectivity index (χ4n) is 2.43. The van der Waals surface area contributed by atoms with Crippen LogP contribution in [0.1, 0.15) is 51.3 Å². The zero-order valence-corrected chi connectivity index (χ0v) is 12.4. The number of rotatable bonds is 2. The van der Waals surface area contributed by atoms with Gasteiger partial charge in [0.1, 0.15) is 11.4 Å². The second-order valence-electron chi connectivity index (χ2n) is 6.32. The summed E-state index contributed by atoms with van der Waals surface area (Å²) >= 11 is 0. The molecule has 1 aliphatic rings. The lowest BCUT2D eigenvalue weighted by Crippen LogP contribution is -2.42. The van der Waals surface area contributed by atoms with Crippen LogP contribution in [0.3, 0.4) is 0 Å². The molecule has 3 heteroatoms. The molecule has 0 aliphatic carbocycles. The van der Waals surface area contributed by atoms with Crippen LogP contribution in [0.25, 0.3) is 0 Å². The smallest absolute Gasteiger partial charge is 0.223 e. The van der Waals surface area contributed by atoms with Gasteiger partial charge in [-0.25, -0.2) is 0 Å². The van der Waals surface area contributed by atoms with Crippen molar-refractivity contribution < 1.29 is 9.53 Å². The Hall–Kier alpha value is -1.51. The van der Waals surface area contributed by atoms with E-state index in [0.717, 1.165) is 17.7 Å². The van der Waals surface area contributed by atoms with Crippen molar-refractivity contribution in [2.24, 2.45) is 5.92 Å². The molecule has 0 saturated carbocycles. The number of carbonyl (C=O) groups excluding carboxylic acids is 1. The van der Waals surface area contributed by atoms with Crippen LogP contribution in [-0.2, 0) is 4.79 Å². The van der Waals surface area contributed by atoms with Crippen LogP contribution in [0.15, 0.2) is 18.2 Å². The van der Waals surface area contributed by atoms with Gasteiger partial charge in [0.25, 0.3) is 0 Å². The van der Waals surface area contributed by atoms with Crippen LogP contribution in [0, 0.1) is 12.8 Å². The Balaban J connectivity index is 2.32. The molecular formula is C16H23NO2. The maximum atomic E-state index is 11.9. The predicted octanol–water partition coefficient (Wildman–Crippen LogP) is 3.37. The van der Waals surface area contributed by atoms with Crippen LogP contribution in [0.5, 0.6) is 5.75 Å². The topological polar surface area (TPSA) is 38.3 Å². The van der Waals surface area contributed by atoms with Gasteiger partial charge in [-0.15, -0.1) is 0 Å². The molecule has 0 spiro atoms. The highest BCUT2D eigenvalue weighted by atomic mass is 16.5. The van der Waals surface area contributed by atoms with Gasteiger partial charge < -0.3 is 10.1 Å². The van der Waals surface area contributed by atoms with Crippen LogP contribution in [0.4, 0.5) is 0 Å². The van der Waals surface area contributed by atoms with Gasteiger partial charge in [0.2, 0.25) is 5.91 Å². The fourth-order valence-corrected chi connectivity index (χ4v) is 2.43. The molecule has 0 unspecified atom stereocenters. The quantitative estimate of drug-likeness (QED) is 0.886. The Morgan fingerprint density at radius 3 is 2.74 bits per heavy atom. The first-order valence-corrected chi connectivity index (χ1v) is 6.88. The first kappa shape index (κ1) is 13.9. The van der Waals surface area contributed by atoms with E-state index in [9.17, 15) is 4.79 Å². The molecule has 2 rings (SSSR count). The normalized spacial score (nSPS) is 20.6. The molecule has 3 nitrogen and oxygen atoms in total. The average molecular weight is 261 g/mol. The molecule has 1 aromatic rings. The number of carbonyl (C=O) groups is 1. The van der Waals surface area contributed by atoms with Crippen molar-refractivity contribution in [3.8, 4) is 5.75 Å². The van der Waals surface area contributed by atoms with E-state index in [1.54, 1.807) is 0 Å². The van der Waals surface area contributed by atoms with E-state index in [1.807, 2.05) is 26.8 Å².